The Kier molecular flexibility index (Phi) is 3.31. The first-order chi connectivity index (χ1) is 5.24. The molecule has 1 heterocycles. The van der Waals surface area contributed by atoms with Crippen molar-refractivity contribution in [3.63, 3.8) is 0 Å². The molecule has 1 fully saturated rings. The average Bonchev–Trinajstić information content (AvgIpc) is 2.05. The quantitative estimate of drug-likeness (QED) is 0.596. The van der Waals surface area contributed by atoms with Crippen LogP contribution in [0.15, 0.2) is 0 Å². The monoisotopic (exact) mass is 159 g/mol. The van der Waals surface area contributed by atoms with Crippen molar-refractivity contribution in [2.24, 2.45) is 5.92 Å². The van der Waals surface area contributed by atoms with Gasteiger partial charge < -0.3 is 4.90 Å². The Labute approximate surface area is 68.6 Å². The molecule has 0 saturated carbocycles. The van der Waals surface area contributed by atoms with Crippen molar-refractivity contribution in [2.75, 3.05) is 19.8 Å². The molecule has 1 rings (SSSR count). The molecule has 0 aromatic heterocycles. The normalized spacial score (nSPS) is 22.9. The summed E-state index contributed by atoms with van der Waals surface area (Å²) in [5, 5.41) is 0. The fourth-order valence-electron chi connectivity index (χ4n) is 1.62. The maximum absolute atomic E-state index is 12.2. The molecular weight excluding hydrogens is 141 g/mol. The molecule has 11 heavy (non-hydrogen) atoms. The molecule has 0 bridgehead atoms. The first-order valence-corrected chi connectivity index (χ1v) is 4.54. The highest BCUT2D eigenvalue weighted by atomic mass is 19.1. The van der Waals surface area contributed by atoms with Gasteiger partial charge in [-0.05, 0) is 45.7 Å². The molecule has 66 valence electrons. The lowest BCUT2D eigenvalue weighted by molar-refractivity contribution is 0.136. The molecule has 1 aliphatic heterocycles. The molecule has 0 aromatic carbocycles. The molecule has 1 nitrogen and oxygen atoms in total. The van der Waals surface area contributed by atoms with Crippen LogP contribution in [0.4, 0.5) is 4.39 Å². The summed E-state index contributed by atoms with van der Waals surface area (Å²) in [6.07, 6.45) is 2.10. The Hall–Kier alpha value is -0.110. The lowest BCUT2D eigenvalue weighted by atomic mass is 9.97. The smallest absolute Gasteiger partial charge is 0.0923 e. The highest BCUT2D eigenvalue weighted by Crippen LogP contribution is 2.18. The zero-order valence-electron chi connectivity index (χ0n) is 7.52. The van der Waals surface area contributed by atoms with Crippen molar-refractivity contribution < 1.29 is 4.39 Å². The molecule has 0 aromatic rings. The molecule has 0 unspecified atom stereocenters. The lowest BCUT2D eigenvalue weighted by Crippen LogP contribution is -2.38. The predicted octanol–water partition coefficient (Wildman–Crippen LogP) is 2.08. The number of piperidine rings is 1. The van der Waals surface area contributed by atoms with E-state index in [2.05, 4.69) is 18.7 Å². The second-order valence-electron chi connectivity index (χ2n) is 3.73. The SMILES string of the molecule is CC(C)N1CCC(CF)CC1. The van der Waals surface area contributed by atoms with Crippen molar-refractivity contribution in [1.29, 1.82) is 0 Å². The topological polar surface area (TPSA) is 3.24 Å². The van der Waals surface area contributed by atoms with Gasteiger partial charge in [0.15, 0.2) is 0 Å². The van der Waals surface area contributed by atoms with Gasteiger partial charge in [0.2, 0.25) is 0 Å². The van der Waals surface area contributed by atoms with Crippen LogP contribution in [0.25, 0.3) is 0 Å². The van der Waals surface area contributed by atoms with Crippen LogP contribution in [0.2, 0.25) is 0 Å². The number of hydrogen-bond donors (Lipinski definition) is 0. The molecule has 2 heteroatoms. The van der Waals surface area contributed by atoms with E-state index < -0.39 is 0 Å². The van der Waals surface area contributed by atoms with E-state index in [0.29, 0.717) is 12.0 Å². The minimum absolute atomic E-state index is 0.119. The van der Waals surface area contributed by atoms with E-state index in [1.165, 1.54) is 0 Å². The van der Waals surface area contributed by atoms with Crippen molar-refractivity contribution in [3.8, 4) is 0 Å². The number of hydrogen-bond acceptors (Lipinski definition) is 1. The molecule has 1 saturated heterocycles. The Balaban J connectivity index is 2.24. The third-order valence-electron chi connectivity index (χ3n) is 2.60. The highest BCUT2D eigenvalue weighted by Gasteiger charge is 2.19. The van der Waals surface area contributed by atoms with Gasteiger partial charge in [0.25, 0.3) is 0 Å². The molecule has 0 spiro atoms. The van der Waals surface area contributed by atoms with Crippen LogP contribution in [0.3, 0.4) is 0 Å². The van der Waals surface area contributed by atoms with Gasteiger partial charge in [-0.1, -0.05) is 0 Å². The summed E-state index contributed by atoms with van der Waals surface area (Å²) in [4.78, 5) is 2.42. The van der Waals surface area contributed by atoms with Crippen molar-refractivity contribution in [3.05, 3.63) is 0 Å². The molecular formula is C9H18FN. The van der Waals surface area contributed by atoms with Gasteiger partial charge >= 0.3 is 0 Å². The lowest BCUT2D eigenvalue weighted by Gasteiger charge is -2.33. The minimum Gasteiger partial charge on any atom is -0.301 e. The Morgan fingerprint density at radius 2 is 1.91 bits per heavy atom. The molecule has 0 atom stereocenters. The number of halogens is 1. The molecule has 0 N–H and O–H groups in total. The van der Waals surface area contributed by atoms with Crippen LogP contribution in [0, 0.1) is 5.92 Å². The van der Waals surface area contributed by atoms with Gasteiger partial charge in [-0.2, -0.15) is 0 Å². The van der Waals surface area contributed by atoms with E-state index >= 15 is 0 Å². The summed E-state index contributed by atoms with van der Waals surface area (Å²) < 4.78 is 12.2. The Morgan fingerprint density at radius 1 is 1.36 bits per heavy atom. The summed E-state index contributed by atoms with van der Waals surface area (Å²) >= 11 is 0. The van der Waals surface area contributed by atoms with E-state index in [9.17, 15) is 4.39 Å². The number of likely N-dealkylation sites (tertiary alicyclic amines) is 1. The van der Waals surface area contributed by atoms with E-state index in [0.717, 1.165) is 25.9 Å². The van der Waals surface area contributed by atoms with Gasteiger partial charge in [-0.3, -0.25) is 4.39 Å². The third-order valence-corrected chi connectivity index (χ3v) is 2.60. The summed E-state index contributed by atoms with van der Waals surface area (Å²) in [5.41, 5.74) is 0. The van der Waals surface area contributed by atoms with Crippen LogP contribution >= 0.6 is 0 Å². The highest BCUT2D eigenvalue weighted by molar-refractivity contribution is 4.73. The van der Waals surface area contributed by atoms with Crippen molar-refractivity contribution >= 4 is 0 Å². The first-order valence-electron chi connectivity index (χ1n) is 4.54. The Morgan fingerprint density at radius 3 is 2.27 bits per heavy atom. The average molecular weight is 159 g/mol. The van der Waals surface area contributed by atoms with Crippen LogP contribution < -0.4 is 0 Å². The number of rotatable bonds is 2. The predicted molar refractivity (Wildman–Crippen MR) is 45.4 cm³/mol. The fraction of sp³-hybridized carbons (Fsp3) is 1.00. The van der Waals surface area contributed by atoms with E-state index in [-0.39, 0.29) is 6.67 Å². The van der Waals surface area contributed by atoms with Crippen LogP contribution in [0.5, 0.6) is 0 Å². The van der Waals surface area contributed by atoms with E-state index in [1.54, 1.807) is 0 Å². The van der Waals surface area contributed by atoms with Gasteiger partial charge in [0, 0.05) is 6.04 Å². The van der Waals surface area contributed by atoms with Crippen LogP contribution in [0.1, 0.15) is 26.7 Å². The van der Waals surface area contributed by atoms with Gasteiger partial charge in [0.05, 0.1) is 6.67 Å². The molecule has 0 aliphatic carbocycles. The maximum Gasteiger partial charge on any atom is 0.0923 e. The third kappa shape index (κ3) is 2.44. The van der Waals surface area contributed by atoms with Crippen LogP contribution in [-0.4, -0.2) is 30.7 Å². The van der Waals surface area contributed by atoms with Gasteiger partial charge in [-0.25, -0.2) is 0 Å². The summed E-state index contributed by atoms with van der Waals surface area (Å²) in [6.45, 7) is 6.47. The van der Waals surface area contributed by atoms with Gasteiger partial charge in [-0.15, -0.1) is 0 Å². The zero-order chi connectivity index (χ0) is 8.27. The largest absolute Gasteiger partial charge is 0.301 e. The standard InChI is InChI=1S/C9H18FN/c1-8(2)11-5-3-9(7-10)4-6-11/h8-9H,3-7H2,1-2H3. The van der Waals surface area contributed by atoms with E-state index in [1.807, 2.05) is 0 Å². The molecule has 0 amide bonds. The Bertz CT molecular complexity index is 106. The number of nitrogens with zero attached hydrogens (tertiary/aromatic N) is 1. The first kappa shape index (κ1) is 8.98. The second kappa shape index (κ2) is 4.05. The van der Waals surface area contributed by atoms with Crippen molar-refractivity contribution in [1.82, 2.24) is 4.90 Å². The van der Waals surface area contributed by atoms with Gasteiger partial charge in [0.1, 0.15) is 0 Å². The molecule has 0 radical (unpaired) electrons. The minimum atomic E-state index is -0.119. The molecule has 1 aliphatic rings. The fourth-order valence-corrected chi connectivity index (χ4v) is 1.62. The van der Waals surface area contributed by atoms with E-state index in [4.69, 9.17) is 0 Å². The maximum atomic E-state index is 12.2. The second-order valence-corrected chi connectivity index (χ2v) is 3.73. The number of alkyl halides is 1. The summed E-state index contributed by atoms with van der Waals surface area (Å²) in [6, 6.07) is 0.635. The zero-order valence-corrected chi connectivity index (χ0v) is 7.52. The summed E-state index contributed by atoms with van der Waals surface area (Å²) in [5.74, 6) is 0.352. The van der Waals surface area contributed by atoms with Crippen molar-refractivity contribution in [2.45, 2.75) is 32.7 Å². The van der Waals surface area contributed by atoms with Crippen LogP contribution in [-0.2, 0) is 0 Å². The summed E-state index contributed by atoms with van der Waals surface area (Å²) in [7, 11) is 0.